The smallest absolute Gasteiger partial charge is 0.323 e. The molecule has 2 N–H and O–H groups in total. The molecule has 4 heteroatoms. The van der Waals surface area contributed by atoms with Crippen LogP contribution in [0, 0.1) is 11.8 Å². The van der Waals surface area contributed by atoms with E-state index in [-0.39, 0.29) is 0 Å². The SMILES string of the molecule is CCC(CCCN1CCC(C(C)C)CC1)(NC)C(=O)O. The summed E-state index contributed by atoms with van der Waals surface area (Å²) in [4.78, 5) is 13.9. The average molecular weight is 284 g/mol. The Balaban J connectivity index is 2.33. The Kier molecular flexibility index (Phi) is 6.96. The molecular formula is C16H32N2O2. The number of nitrogens with one attached hydrogen (secondary N) is 1. The number of nitrogens with zero attached hydrogens (tertiary/aromatic N) is 1. The minimum Gasteiger partial charge on any atom is -0.480 e. The van der Waals surface area contributed by atoms with E-state index in [0.29, 0.717) is 12.8 Å². The third-order valence-electron chi connectivity index (χ3n) is 5.14. The number of likely N-dealkylation sites (N-methyl/N-ethyl adjacent to an activating group) is 1. The number of piperidine rings is 1. The number of hydrogen-bond acceptors (Lipinski definition) is 3. The van der Waals surface area contributed by atoms with Crippen LogP contribution in [-0.2, 0) is 4.79 Å². The summed E-state index contributed by atoms with van der Waals surface area (Å²) in [5, 5.41) is 12.4. The van der Waals surface area contributed by atoms with Crippen molar-refractivity contribution in [1.29, 1.82) is 0 Å². The maximum absolute atomic E-state index is 11.4. The van der Waals surface area contributed by atoms with E-state index in [9.17, 15) is 9.90 Å². The summed E-state index contributed by atoms with van der Waals surface area (Å²) >= 11 is 0. The molecule has 0 amide bonds. The molecule has 20 heavy (non-hydrogen) atoms. The first-order valence-corrected chi connectivity index (χ1v) is 8.10. The van der Waals surface area contributed by atoms with Crippen LogP contribution >= 0.6 is 0 Å². The molecule has 0 saturated carbocycles. The Hall–Kier alpha value is -0.610. The molecule has 1 unspecified atom stereocenters. The molecule has 0 aromatic rings. The van der Waals surface area contributed by atoms with Gasteiger partial charge in [-0.05, 0) is 70.6 Å². The van der Waals surface area contributed by atoms with Gasteiger partial charge in [0.15, 0.2) is 0 Å². The van der Waals surface area contributed by atoms with E-state index in [1.54, 1.807) is 7.05 Å². The monoisotopic (exact) mass is 284 g/mol. The number of carbonyl (C=O) groups is 1. The Labute approximate surface area is 123 Å². The number of aliphatic carboxylic acids is 1. The highest BCUT2D eigenvalue weighted by Gasteiger charge is 2.34. The Bertz CT molecular complexity index is 293. The van der Waals surface area contributed by atoms with Gasteiger partial charge in [-0.3, -0.25) is 4.79 Å². The molecule has 118 valence electrons. The van der Waals surface area contributed by atoms with Crippen LogP contribution in [0.4, 0.5) is 0 Å². The van der Waals surface area contributed by atoms with Gasteiger partial charge in [-0.2, -0.15) is 0 Å². The third-order valence-corrected chi connectivity index (χ3v) is 5.14. The lowest BCUT2D eigenvalue weighted by molar-refractivity contribution is -0.145. The molecule has 0 aliphatic carbocycles. The fourth-order valence-electron chi connectivity index (χ4n) is 3.29. The van der Waals surface area contributed by atoms with Crippen LogP contribution in [0.3, 0.4) is 0 Å². The summed E-state index contributed by atoms with van der Waals surface area (Å²) < 4.78 is 0. The molecule has 0 aromatic carbocycles. The van der Waals surface area contributed by atoms with Gasteiger partial charge in [0, 0.05) is 0 Å². The molecule has 1 aliphatic heterocycles. The van der Waals surface area contributed by atoms with E-state index in [0.717, 1.165) is 24.8 Å². The quantitative estimate of drug-likeness (QED) is 0.719. The van der Waals surface area contributed by atoms with Crippen LogP contribution < -0.4 is 5.32 Å². The predicted octanol–water partition coefficient (Wildman–Crippen LogP) is 2.59. The molecule has 4 nitrogen and oxygen atoms in total. The maximum Gasteiger partial charge on any atom is 0.323 e. The molecule has 1 aliphatic rings. The van der Waals surface area contributed by atoms with Crippen molar-refractivity contribution >= 4 is 5.97 Å². The number of carboxylic acids is 1. The van der Waals surface area contributed by atoms with E-state index < -0.39 is 11.5 Å². The largest absolute Gasteiger partial charge is 0.480 e. The fourth-order valence-corrected chi connectivity index (χ4v) is 3.29. The van der Waals surface area contributed by atoms with Crippen LogP contribution in [0.25, 0.3) is 0 Å². The first kappa shape index (κ1) is 17.4. The van der Waals surface area contributed by atoms with Gasteiger partial charge in [0.2, 0.25) is 0 Å². The van der Waals surface area contributed by atoms with Gasteiger partial charge >= 0.3 is 5.97 Å². The summed E-state index contributed by atoms with van der Waals surface area (Å²) in [7, 11) is 1.76. The lowest BCUT2D eigenvalue weighted by Gasteiger charge is -2.35. The number of hydrogen-bond donors (Lipinski definition) is 2. The van der Waals surface area contributed by atoms with E-state index in [1.165, 1.54) is 25.9 Å². The Morgan fingerprint density at radius 1 is 1.40 bits per heavy atom. The van der Waals surface area contributed by atoms with Crippen molar-refractivity contribution in [2.24, 2.45) is 11.8 Å². The number of rotatable bonds is 8. The Morgan fingerprint density at radius 2 is 2.00 bits per heavy atom. The van der Waals surface area contributed by atoms with Gasteiger partial charge in [0.25, 0.3) is 0 Å². The molecule has 1 atom stereocenters. The summed E-state index contributed by atoms with van der Waals surface area (Å²) in [6.07, 6.45) is 4.88. The lowest BCUT2D eigenvalue weighted by atomic mass is 9.86. The summed E-state index contributed by atoms with van der Waals surface area (Å²) in [6, 6.07) is 0. The molecule has 0 spiro atoms. The van der Waals surface area contributed by atoms with Crippen LogP contribution in [0.5, 0.6) is 0 Å². The molecule has 1 fully saturated rings. The maximum atomic E-state index is 11.4. The van der Waals surface area contributed by atoms with Crippen LogP contribution in [0.2, 0.25) is 0 Å². The third kappa shape index (κ3) is 4.45. The zero-order valence-electron chi connectivity index (χ0n) is 13.6. The van der Waals surface area contributed by atoms with Crippen molar-refractivity contribution in [3.8, 4) is 0 Å². The van der Waals surface area contributed by atoms with E-state index in [1.807, 2.05) is 6.92 Å². The van der Waals surface area contributed by atoms with Gasteiger partial charge in [-0.25, -0.2) is 0 Å². The van der Waals surface area contributed by atoms with Gasteiger partial charge in [-0.1, -0.05) is 20.8 Å². The molecule has 0 radical (unpaired) electrons. The second-order valence-electron chi connectivity index (χ2n) is 6.52. The van der Waals surface area contributed by atoms with E-state index in [2.05, 4.69) is 24.1 Å². The average Bonchev–Trinajstić information content (AvgIpc) is 2.44. The van der Waals surface area contributed by atoms with Gasteiger partial charge in [0.1, 0.15) is 5.54 Å². The first-order chi connectivity index (χ1) is 9.45. The standard InChI is InChI=1S/C16H32N2O2/c1-5-16(17-4,15(19)20)9-6-10-18-11-7-14(8-12-18)13(2)3/h13-14,17H,5-12H2,1-4H3,(H,19,20). The highest BCUT2D eigenvalue weighted by Crippen LogP contribution is 2.25. The second kappa shape index (κ2) is 7.99. The summed E-state index contributed by atoms with van der Waals surface area (Å²) in [5.41, 5.74) is -0.740. The predicted molar refractivity (Wildman–Crippen MR) is 83.0 cm³/mol. The minimum atomic E-state index is -0.740. The van der Waals surface area contributed by atoms with E-state index in [4.69, 9.17) is 0 Å². The van der Waals surface area contributed by atoms with Gasteiger partial charge in [-0.15, -0.1) is 0 Å². The second-order valence-corrected chi connectivity index (χ2v) is 6.52. The van der Waals surface area contributed by atoms with Crippen LogP contribution in [0.1, 0.15) is 52.9 Å². The molecule has 1 rings (SSSR count). The van der Waals surface area contributed by atoms with Gasteiger partial charge in [0.05, 0.1) is 0 Å². The van der Waals surface area contributed by atoms with Crippen molar-refractivity contribution < 1.29 is 9.90 Å². The van der Waals surface area contributed by atoms with Crippen molar-refractivity contribution in [2.75, 3.05) is 26.7 Å². The summed E-state index contributed by atoms with van der Waals surface area (Å²) in [6.45, 7) is 9.95. The summed E-state index contributed by atoms with van der Waals surface area (Å²) in [5.74, 6) is 0.944. The molecule has 0 aromatic heterocycles. The lowest BCUT2D eigenvalue weighted by Crippen LogP contribution is -2.50. The Morgan fingerprint density at radius 3 is 2.40 bits per heavy atom. The van der Waals surface area contributed by atoms with Gasteiger partial charge < -0.3 is 15.3 Å². The number of likely N-dealkylation sites (tertiary alicyclic amines) is 1. The van der Waals surface area contributed by atoms with E-state index >= 15 is 0 Å². The van der Waals surface area contributed by atoms with Crippen molar-refractivity contribution in [2.45, 2.75) is 58.4 Å². The molecule has 1 heterocycles. The topological polar surface area (TPSA) is 52.6 Å². The van der Waals surface area contributed by atoms with Crippen molar-refractivity contribution in [3.05, 3.63) is 0 Å². The van der Waals surface area contributed by atoms with Crippen LogP contribution in [-0.4, -0.2) is 48.2 Å². The molecule has 1 saturated heterocycles. The zero-order valence-corrected chi connectivity index (χ0v) is 13.6. The van der Waals surface area contributed by atoms with Crippen LogP contribution in [0.15, 0.2) is 0 Å². The minimum absolute atomic E-state index is 0.633. The zero-order chi connectivity index (χ0) is 15.2. The fraction of sp³-hybridized carbons (Fsp3) is 0.938. The normalized spacial score (nSPS) is 21.1. The van der Waals surface area contributed by atoms with Crippen molar-refractivity contribution in [1.82, 2.24) is 10.2 Å². The first-order valence-electron chi connectivity index (χ1n) is 8.10. The number of carboxylic acid groups (broad SMARTS) is 1. The molecular weight excluding hydrogens is 252 g/mol. The molecule has 0 bridgehead atoms. The highest BCUT2D eigenvalue weighted by atomic mass is 16.4. The highest BCUT2D eigenvalue weighted by molar-refractivity contribution is 5.78. The van der Waals surface area contributed by atoms with Crippen molar-refractivity contribution in [3.63, 3.8) is 0 Å².